The molecule has 0 aliphatic carbocycles. The Balaban J connectivity index is 2.15. The molecule has 1 heterocycles. The van der Waals surface area contributed by atoms with E-state index in [1.165, 1.54) is 0 Å². The summed E-state index contributed by atoms with van der Waals surface area (Å²) in [6, 6.07) is 7.89. The summed E-state index contributed by atoms with van der Waals surface area (Å²) in [5.74, 6) is 0. The van der Waals surface area contributed by atoms with E-state index in [0.29, 0.717) is 17.0 Å². The molecule has 1 aliphatic rings. The highest BCUT2D eigenvalue weighted by atomic mass is 32.2. The van der Waals surface area contributed by atoms with Gasteiger partial charge < -0.3 is 10.2 Å². The molecule has 5 nitrogen and oxygen atoms in total. The third kappa shape index (κ3) is 4.18. The molecule has 0 aromatic heterocycles. The monoisotopic (exact) mass is 311 g/mol. The van der Waals surface area contributed by atoms with Gasteiger partial charge in [-0.3, -0.25) is 0 Å². The standard InChI is InChI=1S/C15H25N3O2S/c1-11(2)17-21(19,20)15-7-5-14(6-8-15)18-9-12(3)16-13(4)10-18/h5-8,11-13,16-17H,9-10H2,1-4H3. The summed E-state index contributed by atoms with van der Waals surface area (Å²) < 4.78 is 26.8. The van der Waals surface area contributed by atoms with E-state index in [2.05, 4.69) is 28.8 Å². The minimum Gasteiger partial charge on any atom is -0.368 e. The van der Waals surface area contributed by atoms with Crippen LogP contribution >= 0.6 is 0 Å². The average Bonchev–Trinajstić information content (AvgIpc) is 2.36. The first kappa shape index (κ1) is 16.3. The molecule has 118 valence electrons. The molecule has 0 amide bonds. The van der Waals surface area contributed by atoms with Crippen LogP contribution in [0.3, 0.4) is 0 Å². The number of nitrogens with zero attached hydrogens (tertiary/aromatic N) is 1. The lowest BCUT2D eigenvalue weighted by Crippen LogP contribution is -2.54. The van der Waals surface area contributed by atoms with Crippen LogP contribution in [0.2, 0.25) is 0 Å². The number of hydrogen-bond donors (Lipinski definition) is 2. The fraction of sp³-hybridized carbons (Fsp3) is 0.600. The normalized spacial score (nSPS) is 23.6. The van der Waals surface area contributed by atoms with Crippen LogP contribution in [-0.2, 0) is 10.0 Å². The van der Waals surface area contributed by atoms with Gasteiger partial charge in [-0.2, -0.15) is 0 Å². The Bertz CT molecular complexity index is 559. The Labute approximate surface area is 127 Å². The second-order valence-corrected chi connectivity index (χ2v) is 7.86. The van der Waals surface area contributed by atoms with Gasteiger partial charge >= 0.3 is 0 Å². The molecule has 1 aromatic carbocycles. The van der Waals surface area contributed by atoms with Crippen LogP contribution in [0, 0.1) is 0 Å². The van der Waals surface area contributed by atoms with Gasteiger partial charge in [0.1, 0.15) is 0 Å². The lowest BCUT2D eigenvalue weighted by Gasteiger charge is -2.37. The minimum absolute atomic E-state index is 0.107. The van der Waals surface area contributed by atoms with E-state index in [1.54, 1.807) is 12.1 Å². The second-order valence-electron chi connectivity index (χ2n) is 6.14. The number of sulfonamides is 1. The Morgan fingerprint density at radius 2 is 1.67 bits per heavy atom. The van der Waals surface area contributed by atoms with Gasteiger partial charge in [0.05, 0.1) is 4.90 Å². The summed E-state index contributed by atoms with van der Waals surface area (Å²) >= 11 is 0. The summed E-state index contributed by atoms with van der Waals surface area (Å²) in [7, 11) is -3.41. The van der Waals surface area contributed by atoms with E-state index >= 15 is 0 Å². The van der Waals surface area contributed by atoms with Crippen LogP contribution in [0.1, 0.15) is 27.7 Å². The molecule has 0 spiro atoms. The Morgan fingerprint density at radius 1 is 1.14 bits per heavy atom. The SMILES string of the molecule is CC(C)NS(=O)(=O)c1ccc(N2CC(C)NC(C)C2)cc1. The first-order chi connectivity index (χ1) is 9.78. The van der Waals surface area contributed by atoms with Crippen LogP contribution in [0.15, 0.2) is 29.2 Å². The van der Waals surface area contributed by atoms with Gasteiger partial charge in [-0.25, -0.2) is 13.1 Å². The van der Waals surface area contributed by atoms with Crippen LogP contribution in [0.25, 0.3) is 0 Å². The van der Waals surface area contributed by atoms with Crippen molar-refractivity contribution in [3.05, 3.63) is 24.3 Å². The first-order valence-electron chi connectivity index (χ1n) is 7.41. The maximum Gasteiger partial charge on any atom is 0.240 e. The molecular weight excluding hydrogens is 286 g/mol. The van der Waals surface area contributed by atoms with Crippen molar-refractivity contribution < 1.29 is 8.42 Å². The Kier molecular flexibility index (Phi) is 4.91. The van der Waals surface area contributed by atoms with Crippen molar-refractivity contribution >= 4 is 15.7 Å². The van der Waals surface area contributed by atoms with Crippen molar-refractivity contribution in [3.8, 4) is 0 Å². The summed E-state index contributed by atoms with van der Waals surface area (Å²) in [5, 5.41) is 3.49. The van der Waals surface area contributed by atoms with E-state index in [0.717, 1.165) is 18.8 Å². The largest absolute Gasteiger partial charge is 0.368 e. The zero-order chi connectivity index (χ0) is 15.6. The van der Waals surface area contributed by atoms with E-state index in [4.69, 9.17) is 0 Å². The Hall–Kier alpha value is -1.11. The second kappa shape index (κ2) is 6.34. The summed E-state index contributed by atoms with van der Waals surface area (Å²) in [6.07, 6.45) is 0. The molecular formula is C15H25N3O2S. The van der Waals surface area contributed by atoms with Crippen LogP contribution in [-0.4, -0.2) is 39.6 Å². The van der Waals surface area contributed by atoms with E-state index in [9.17, 15) is 8.42 Å². The molecule has 2 rings (SSSR count). The lowest BCUT2D eigenvalue weighted by atomic mass is 10.1. The maximum atomic E-state index is 12.1. The van der Waals surface area contributed by atoms with E-state index in [1.807, 2.05) is 26.0 Å². The predicted octanol–water partition coefficient (Wildman–Crippen LogP) is 1.56. The highest BCUT2D eigenvalue weighted by Crippen LogP contribution is 2.20. The van der Waals surface area contributed by atoms with Gasteiger partial charge in [-0.05, 0) is 52.0 Å². The molecule has 1 aromatic rings. The van der Waals surface area contributed by atoms with E-state index in [-0.39, 0.29) is 6.04 Å². The summed E-state index contributed by atoms with van der Waals surface area (Å²) in [4.78, 5) is 2.61. The van der Waals surface area contributed by atoms with Crippen molar-refractivity contribution in [2.24, 2.45) is 0 Å². The minimum atomic E-state index is -3.41. The summed E-state index contributed by atoms with van der Waals surface area (Å²) in [6.45, 7) is 9.81. The molecule has 21 heavy (non-hydrogen) atoms. The van der Waals surface area contributed by atoms with Gasteiger partial charge in [0.25, 0.3) is 0 Å². The topological polar surface area (TPSA) is 61.4 Å². The molecule has 6 heteroatoms. The first-order valence-corrected chi connectivity index (χ1v) is 8.89. The van der Waals surface area contributed by atoms with E-state index < -0.39 is 10.0 Å². The molecule has 1 saturated heterocycles. The van der Waals surface area contributed by atoms with Crippen molar-refractivity contribution in [1.82, 2.24) is 10.0 Å². The number of benzene rings is 1. The maximum absolute atomic E-state index is 12.1. The van der Waals surface area contributed by atoms with Crippen LogP contribution < -0.4 is 14.9 Å². The number of nitrogens with one attached hydrogen (secondary N) is 2. The van der Waals surface area contributed by atoms with Gasteiger partial charge in [-0.1, -0.05) is 0 Å². The molecule has 2 N–H and O–H groups in total. The zero-order valence-corrected chi connectivity index (χ0v) is 13.9. The van der Waals surface area contributed by atoms with Crippen molar-refractivity contribution in [2.45, 2.75) is 50.7 Å². The highest BCUT2D eigenvalue weighted by Gasteiger charge is 2.22. The average molecular weight is 311 g/mol. The highest BCUT2D eigenvalue weighted by molar-refractivity contribution is 7.89. The molecule has 1 aliphatic heterocycles. The number of piperazine rings is 1. The molecule has 0 bridgehead atoms. The lowest BCUT2D eigenvalue weighted by molar-refractivity contribution is 0.407. The van der Waals surface area contributed by atoms with Crippen molar-refractivity contribution in [1.29, 1.82) is 0 Å². The fourth-order valence-electron chi connectivity index (χ4n) is 2.75. The molecule has 0 saturated carbocycles. The van der Waals surface area contributed by atoms with Crippen molar-refractivity contribution in [3.63, 3.8) is 0 Å². The van der Waals surface area contributed by atoms with Gasteiger partial charge in [0, 0.05) is 36.9 Å². The van der Waals surface area contributed by atoms with Gasteiger partial charge in [0.2, 0.25) is 10.0 Å². The van der Waals surface area contributed by atoms with Crippen molar-refractivity contribution in [2.75, 3.05) is 18.0 Å². The van der Waals surface area contributed by atoms with Crippen LogP contribution in [0.5, 0.6) is 0 Å². The Morgan fingerprint density at radius 3 is 2.14 bits per heavy atom. The number of anilines is 1. The van der Waals surface area contributed by atoms with Gasteiger partial charge in [-0.15, -0.1) is 0 Å². The number of hydrogen-bond acceptors (Lipinski definition) is 4. The molecule has 2 atom stereocenters. The molecule has 2 unspecified atom stereocenters. The van der Waals surface area contributed by atoms with Gasteiger partial charge in [0.15, 0.2) is 0 Å². The third-order valence-corrected chi connectivity index (χ3v) is 5.14. The molecule has 0 radical (unpaired) electrons. The number of rotatable bonds is 4. The quantitative estimate of drug-likeness (QED) is 0.886. The zero-order valence-electron chi connectivity index (χ0n) is 13.1. The third-order valence-electron chi connectivity index (χ3n) is 3.46. The fourth-order valence-corrected chi connectivity index (χ4v) is 4.00. The summed E-state index contributed by atoms with van der Waals surface area (Å²) in [5.41, 5.74) is 1.07. The smallest absolute Gasteiger partial charge is 0.240 e. The predicted molar refractivity (Wildman–Crippen MR) is 86.2 cm³/mol. The molecule has 1 fully saturated rings. The van der Waals surface area contributed by atoms with Crippen LogP contribution in [0.4, 0.5) is 5.69 Å².